The highest BCUT2D eigenvalue weighted by molar-refractivity contribution is 9.10. The number of hydrogen-bond donors (Lipinski definition) is 0. The van der Waals surface area contributed by atoms with Crippen LogP contribution < -0.4 is 5.19 Å². The summed E-state index contributed by atoms with van der Waals surface area (Å²) in [6.45, 7) is 6.74. The first kappa shape index (κ1) is 15.9. The van der Waals surface area contributed by atoms with Crippen LogP contribution in [0.2, 0.25) is 19.6 Å². The van der Waals surface area contributed by atoms with Gasteiger partial charge in [0.25, 0.3) is 0 Å². The van der Waals surface area contributed by atoms with Crippen LogP contribution in [0.15, 0.2) is 53.0 Å². The average molecular weight is 361 g/mol. The Hall–Kier alpha value is -1.52. The number of hydrogen-bond acceptors (Lipinski definition) is 2. The minimum absolute atomic E-state index is 0.406. The predicted molar refractivity (Wildman–Crippen MR) is 92.2 cm³/mol. The maximum atomic E-state index is 12.3. The maximum absolute atomic E-state index is 12.3. The second-order valence-corrected chi connectivity index (χ2v) is 12.0. The fourth-order valence-corrected chi connectivity index (χ4v) is 3.58. The quantitative estimate of drug-likeness (QED) is 0.468. The fourth-order valence-electron chi connectivity index (χ4n) is 2.01. The zero-order valence-electron chi connectivity index (χ0n) is 12.3. The number of Topliss-reactive ketones (excluding diaryl/α,β-unsaturated/α-hetero) is 2. The van der Waals surface area contributed by atoms with Crippen LogP contribution in [0.25, 0.3) is 0 Å². The Morgan fingerprint density at radius 2 is 1.43 bits per heavy atom. The minimum atomic E-state index is -1.39. The highest BCUT2D eigenvalue weighted by Crippen LogP contribution is 2.14. The van der Waals surface area contributed by atoms with Crippen molar-refractivity contribution in [2.24, 2.45) is 0 Å². The largest absolute Gasteiger partial charge is 0.285 e. The van der Waals surface area contributed by atoms with Crippen molar-refractivity contribution < 1.29 is 9.59 Å². The molecule has 2 rings (SSSR count). The lowest BCUT2D eigenvalue weighted by Crippen LogP contribution is -2.37. The molecular weight excluding hydrogens is 344 g/mol. The number of ketones is 2. The van der Waals surface area contributed by atoms with Crippen molar-refractivity contribution in [2.45, 2.75) is 19.6 Å². The lowest BCUT2D eigenvalue weighted by atomic mass is 10.0. The summed E-state index contributed by atoms with van der Waals surface area (Å²) >= 11 is 3.31. The monoisotopic (exact) mass is 360 g/mol. The van der Waals surface area contributed by atoms with E-state index in [-0.39, 0.29) is 0 Å². The molecule has 0 unspecified atom stereocenters. The summed E-state index contributed by atoms with van der Waals surface area (Å²) in [5.74, 6) is -0.938. The average Bonchev–Trinajstić information content (AvgIpc) is 2.45. The highest BCUT2D eigenvalue weighted by atomic mass is 79.9. The van der Waals surface area contributed by atoms with Gasteiger partial charge in [-0.25, -0.2) is 0 Å². The Labute approximate surface area is 134 Å². The first-order valence-electron chi connectivity index (χ1n) is 6.74. The standard InChI is InChI=1S/C17H17BrO2Si/c1-21(2,3)15-9-7-12(8-10-15)16(19)17(20)13-5-4-6-14(18)11-13/h4-11H,1-3H3. The fraction of sp³-hybridized carbons (Fsp3) is 0.176. The topological polar surface area (TPSA) is 34.1 Å². The Morgan fingerprint density at radius 3 is 1.95 bits per heavy atom. The number of benzene rings is 2. The van der Waals surface area contributed by atoms with E-state index in [4.69, 9.17) is 0 Å². The van der Waals surface area contributed by atoms with Crippen LogP contribution in [-0.4, -0.2) is 19.6 Å². The lowest BCUT2D eigenvalue weighted by molar-refractivity contribution is 0.0817. The van der Waals surface area contributed by atoms with Crippen molar-refractivity contribution in [3.8, 4) is 0 Å². The first-order chi connectivity index (χ1) is 9.79. The van der Waals surface area contributed by atoms with Crippen LogP contribution in [0, 0.1) is 0 Å². The number of carbonyl (C=O) groups is 2. The Morgan fingerprint density at radius 1 is 0.857 bits per heavy atom. The molecule has 0 saturated heterocycles. The molecule has 0 fully saturated rings. The molecule has 0 aliphatic carbocycles. The molecule has 0 spiro atoms. The smallest absolute Gasteiger partial charge is 0.233 e. The van der Waals surface area contributed by atoms with Crippen LogP contribution in [0.1, 0.15) is 20.7 Å². The maximum Gasteiger partial charge on any atom is 0.233 e. The third kappa shape index (κ3) is 3.77. The van der Waals surface area contributed by atoms with Crippen LogP contribution in [0.3, 0.4) is 0 Å². The molecule has 4 heteroatoms. The molecule has 2 aromatic rings. The lowest BCUT2D eigenvalue weighted by Gasteiger charge is -2.16. The van der Waals surface area contributed by atoms with Gasteiger partial charge in [-0.2, -0.15) is 0 Å². The zero-order chi connectivity index (χ0) is 15.6. The summed E-state index contributed by atoms with van der Waals surface area (Å²) in [6.07, 6.45) is 0. The van der Waals surface area contributed by atoms with Crippen LogP contribution in [-0.2, 0) is 0 Å². The molecule has 21 heavy (non-hydrogen) atoms. The van der Waals surface area contributed by atoms with Crippen molar-refractivity contribution >= 4 is 40.8 Å². The van der Waals surface area contributed by atoms with Gasteiger partial charge in [-0.15, -0.1) is 0 Å². The van der Waals surface area contributed by atoms with Crippen LogP contribution >= 0.6 is 15.9 Å². The molecule has 2 aromatic carbocycles. The normalized spacial score (nSPS) is 11.2. The van der Waals surface area contributed by atoms with Gasteiger partial charge < -0.3 is 0 Å². The molecule has 0 N–H and O–H groups in total. The molecule has 0 atom stereocenters. The zero-order valence-corrected chi connectivity index (χ0v) is 14.9. The van der Waals surface area contributed by atoms with E-state index in [1.165, 1.54) is 5.19 Å². The van der Waals surface area contributed by atoms with E-state index in [9.17, 15) is 9.59 Å². The first-order valence-corrected chi connectivity index (χ1v) is 11.0. The number of rotatable bonds is 4. The van der Waals surface area contributed by atoms with Crippen LogP contribution in [0.5, 0.6) is 0 Å². The minimum Gasteiger partial charge on any atom is -0.285 e. The molecule has 0 amide bonds. The SMILES string of the molecule is C[Si](C)(C)c1ccc(C(=O)C(=O)c2cccc(Br)c2)cc1. The van der Waals surface area contributed by atoms with E-state index in [1.807, 2.05) is 18.2 Å². The molecule has 108 valence electrons. The Bertz CT molecular complexity index is 685. The van der Waals surface area contributed by atoms with E-state index < -0.39 is 19.6 Å². The molecule has 0 saturated carbocycles. The van der Waals surface area contributed by atoms with E-state index in [0.29, 0.717) is 11.1 Å². The molecule has 0 bridgehead atoms. The van der Waals surface area contributed by atoms with Gasteiger partial charge in [0.2, 0.25) is 11.6 Å². The van der Waals surface area contributed by atoms with Gasteiger partial charge in [0.15, 0.2) is 0 Å². The predicted octanol–water partition coefficient (Wildman–Crippen LogP) is 4.06. The summed E-state index contributed by atoms with van der Waals surface area (Å²) in [6, 6.07) is 14.3. The van der Waals surface area contributed by atoms with Crippen molar-refractivity contribution in [1.29, 1.82) is 0 Å². The Balaban J connectivity index is 2.26. The van der Waals surface area contributed by atoms with Gasteiger partial charge in [0.05, 0.1) is 8.07 Å². The summed E-state index contributed by atoms with van der Waals surface area (Å²) < 4.78 is 0.787. The number of carbonyl (C=O) groups excluding carboxylic acids is 2. The number of halogens is 1. The van der Waals surface area contributed by atoms with Gasteiger partial charge in [0.1, 0.15) is 0 Å². The van der Waals surface area contributed by atoms with E-state index >= 15 is 0 Å². The second kappa shape index (κ2) is 6.08. The van der Waals surface area contributed by atoms with Gasteiger partial charge in [-0.1, -0.05) is 77.2 Å². The van der Waals surface area contributed by atoms with Gasteiger partial charge in [0, 0.05) is 15.6 Å². The summed E-state index contributed by atoms with van der Waals surface area (Å²) in [4.78, 5) is 24.5. The van der Waals surface area contributed by atoms with Crippen molar-refractivity contribution in [3.63, 3.8) is 0 Å². The molecule has 0 radical (unpaired) electrons. The third-order valence-corrected chi connectivity index (χ3v) is 5.86. The molecule has 2 nitrogen and oxygen atoms in total. The molecule has 0 aliphatic rings. The third-order valence-electron chi connectivity index (χ3n) is 3.31. The molecule has 0 aromatic heterocycles. The van der Waals surface area contributed by atoms with E-state index in [1.54, 1.807) is 30.3 Å². The van der Waals surface area contributed by atoms with Crippen molar-refractivity contribution in [3.05, 3.63) is 64.1 Å². The van der Waals surface area contributed by atoms with Gasteiger partial charge in [-0.3, -0.25) is 9.59 Å². The molecule has 0 aliphatic heterocycles. The van der Waals surface area contributed by atoms with Crippen molar-refractivity contribution in [2.75, 3.05) is 0 Å². The second-order valence-electron chi connectivity index (χ2n) is 6.00. The molecular formula is C17H17BrO2Si. The Kier molecular flexibility index (Phi) is 4.59. The summed E-state index contributed by atoms with van der Waals surface area (Å²) in [5.41, 5.74) is 0.852. The summed E-state index contributed by atoms with van der Waals surface area (Å²) in [5, 5.41) is 1.27. The highest BCUT2D eigenvalue weighted by Gasteiger charge is 2.20. The molecule has 0 heterocycles. The van der Waals surface area contributed by atoms with Crippen molar-refractivity contribution in [1.82, 2.24) is 0 Å². The van der Waals surface area contributed by atoms with Crippen LogP contribution in [0.4, 0.5) is 0 Å². The van der Waals surface area contributed by atoms with Gasteiger partial charge >= 0.3 is 0 Å². The van der Waals surface area contributed by atoms with E-state index in [2.05, 4.69) is 35.6 Å². The van der Waals surface area contributed by atoms with Gasteiger partial charge in [-0.05, 0) is 12.1 Å². The van der Waals surface area contributed by atoms with E-state index in [0.717, 1.165) is 4.47 Å². The summed E-state index contributed by atoms with van der Waals surface area (Å²) in [7, 11) is -1.39.